The summed E-state index contributed by atoms with van der Waals surface area (Å²) in [5.41, 5.74) is 1.02. The van der Waals surface area contributed by atoms with Crippen LogP contribution < -0.4 is 4.74 Å². The summed E-state index contributed by atoms with van der Waals surface area (Å²) in [6, 6.07) is 13.9. The highest BCUT2D eigenvalue weighted by Crippen LogP contribution is 2.35. The van der Waals surface area contributed by atoms with Crippen LogP contribution in [-0.4, -0.2) is 4.92 Å². The third kappa shape index (κ3) is 2.80. The zero-order chi connectivity index (χ0) is 13.8. The number of nitro benzene ring substituents is 1. The molecular formula is C15H13NO3. The zero-order valence-electron chi connectivity index (χ0n) is 10.5. The van der Waals surface area contributed by atoms with E-state index in [2.05, 4.69) is 6.58 Å². The number of nitro groups is 1. The topological polar surface area (TPSA) is 52.4 Å². The fourth-order valence-corrected chi connectivity index (χ4v) is 1.80. The number of para-hydroxylation sites is 1. The molecule has 4 nitrogen and oxygen atoms in total. The minimum Gasteiger partial charge on any atom is -0.456 e. The van der Waals surface area contributed by atoms with Crippen LogP contribution in [0, 0.1) is 10.1 Å². The molecule has 2 aromatic carbocycles. The van der Waals surface area contributed by atoms with E-state index in [0.717, 1.165) is 0 Å². The van der Waals surface area contributed by atoms with Crippen LogP contribution in [0.3, 0.4) is 0 Å². The van der Waals surface area contributed by atoms with E-state index in [0.29, 0.717) is 22.6 Å². The van der Waals surface area contributed by atoms with Crippen LogP contribution in [0.4, 0.5) is 5.69 Å². The summed E-state index contributed by atoms with van der Waals surface area (Å²) < 4.78 is 5.70. The monoisotopic (exact) mass is 255 g/mol. The average molecular weight is 255 g/mol. The molecule has 0 radical (unpaired) electrons. The summed E-state index contributed by atoms with van der Waals surface area (Å²) in [5.74, 6) is 1.07. The van der Waals surface area contributed by atoms with Gasteiger partial charge >= 0.3 is 0 Å². The highest BCUT2D eigenvalue weighted by atomic mass is 16.6. The van der Waals surface area contributed by atoms with Crippen molar-refractivity contribution in [3.63, 3.8) is 0 Å². The van der Waals surface area contributed by atoms with E-state index in [1.54, 1.807) is 31.2 Å². The van der Waals surface area contributed by atoms with Crippen molar-refractivity contribution < 1.29 is 9.66 Å². The number of hydrogen-bond donors (Lipinski definition) is 0. The molecule has 0 saturated carbocycles. The van der Waals surface area contributed by atoms with Gasteiger partial charge in [-0.25, -0.2) is 0 Å². The van der Waals surface area contributed by atoms with E-state index < -0.39 is 4.92 Å². The maximum atomic E-state index is 11.0. The predicted molar refractivity (Wildman–Crippen MR) is 74.3 cm³/mol. The van der Waals surface area contributed by atoms with Crippen molar-refractivity contribution in [1.82, 2.24) is 0 Å². The maximum absolute atomic E-state index is 11.0. The molecule has 96 valence electrons. The molecule has 19 heavy (non-hydrogen) atoms. The van der Waals surface area contributed by atoms with Crippen molar-refractivity contribution >= 4 is 11.3 Å². The fraction of sp³-hybridized carbons (Fsp3) is 0.0667. The molecule has 0 heterocycles. The van der Waals surface area contributed by atoms with Crippen molar-refractivity contribution in [1.29, 1.82) is 0 Å². The van der Waals surface area contributed by atoms with Gasteiger partial charge in [0.15, 0.2) is 0 Å². The van der Waals surface area contributed by atoms with Crippen LogP contribution in [0.1, 0.15) is 12.5 Å². The molecule has 0 atom stereocenters. The van der Waals surface area contributed by atoms with Crippen LogP contribution in [0.5, 0.6) is 11.5 Å². The lowest BCUT2D eigenvalue weighted by atomic mass is 10.1. The summed E-state index contributed by atoms with van der Waals surface area (Å²) in [6.07, 6.45) is 0. The third-order valence-electron chi connectivity index (χ3n) is 2.60. The number of ether oxygens (including phenoxy) is 1. The summed E-state index contributed by atoms with van der Waals surface area (Å²) in [4.78, 5) is 10.6. The van der Waals surface area contributed by atoms with Gasteiger partial charge < -0.3 is 4.74 Å². The van der Waals surface area contributed by atoms with E-state index in [1.807, 2.05) is 18.2 Å². The van der Waals surface area contributed by atoms with E-state index in [4.69, 9.17) is 4.74 Å². The second-order valence-electron chi connectivity index (χ2n) is 4.10. The Morgan fingerprint density at radius 3 is 2.42 bits per heavy atom. The van der Waals surface area contributed by atoms with Gasteiger partial charge in [0.05, 0.1) is 10.5 Å². The Morgan fingerprint density at radius 1 is 1.16 bits per heavy atom. The van der Waals surface area contributed by atoms with Crippen molar-refractivity contribution in [3.05, 3.63) is 70.8 Å². The van der Waals surface area contributed by atoms with Gasteiger partial charge in [-0.05, 0) is 30.7 Å². The first-order valence-electron chi connectivity index (χ1n) is 5.76. The summed E-state index contributed by atoms with van der Waals surface area (Å²) in [6.45, 7) is 5.51. The molecule has 0 aliphatic rings. The molecule has 0 aromatic heterocycles. The number of rotatable bonds is 4. The van der Waals surface area contributed by atoms with Crippen molar-refractivity contribution in [2.75, 3.05) is 0 Å². The molecule has 0 spiro atoms. The first-order chi connectivity index (χ1) is 9.09. The van der Waals surface area contributed by atoms with Crippen LogP contribution in [0.25, 0.3) is 5.57 Å². The van der Waals surface area contributed by atoms with Crippen molar-refractivity contribution in [3.8, 4) is 11.5 Å². The highest BCUT2D eigenvalue weighted by molar-refractivity contribution is 5.75. The van der Waals surface area contributed by atoms with Gasteiger partial charge in [-0.1, -0.05) is 30.8 Å². The van der Waals surface area contributed by atoms with Gasteiger partial charge in [0.1, 0.15) is 11.5 Å². The van der Waals surface area contributed by atoms with Gasteiger partial charge in [0, 0.05) is 6.07 Å². The second kappa shape index (κ2) is 5.35. The van der Waals surface area contributed by atoms with E-state index >= 15 is 0 Å². The first kappa shape index (κ1) is 12.8. The van der Waals surface area contributed by atoms with Crippen molar-refractivity contribution in [2.45, 2.75) is 6.92 Å². The Bertz CT molecular complexity index is 621. The Labute approximate surface area is 111 Å². The van der Waals surface area contributed by atoms with Crippen LogP contribution in [0.2, 0.25) is 0 Å². The molecule has 0 unspecified atom stereocenters. The predicted octanol–water partition coefficient (Wildman–Crippen LogP) is 4.42. The summed E-state index contributed by atoms with van der Waals surface area (Å²) >= 11 is 0. The lowest BCUT2D eigenvalue weighted by molar-refractivity contribution is -0.385. The lowest BCUT2D eigenvalue weighted by Crippen LogP contribution is -1.96. The average Bonchev–Trinajstić information content (AvgIpc) is 2.39. The number of benzene rings is 2. The SMILES string of the molecule is C=C(C)c1c(Oc2ccccc2)cccc1[N+](=O)[O-]. The van der Waals surface area contributed by atoms with Crippen molar-refractivity contribution in [2.24, 2.45) is 0 Å². The molecule has 0 fully saturated rings. The van der Waals surface area contributed by atoms with Crippen LogP contribution in [-0.2, 0) is 0 Å². The Kier molecular flexibility index (Phi) is 3.61. The highest BCUT2D eigenvalue weighted by Gasteiger charge is 2.19. The molecular weight excluding hydrogens is 242 g/mol. The quantitative estimate of drug-likeness (QED) is 0.600. The fourth-order valence-electron chi connectivity index (χ4n) is 1.80. The summed E-state index contributed by atoms with van der Waals surface area (Å²) in [5, 5.41) is 11.0. The second-order valence-corrected chi connectivity index (χ2v) is 4.10. The molecule has 4 heteroatoms. The van der Waals surface area contributed by atoms with Gasteiger partial charge in [0.2, 0.25) is 0 Å². The Morgan fingerprint density at radius 2 is 1.84 bits per heavy atom. The largest absolute Gasteiger partial charge is 0.456 e. The number of nitrogens with zero attached hydrogens (tertiary/aromatic N) is 1. The Hall–Kier alpha value is -2.62. The van der Waals surface area contributed by atoms with E-state index in [-0.39, 0.29) is 5.69 Å². The molecule has 0 N–H and O–H groups in total. The molecule has 2 rings (SSSR count). The normalized spacial score (nSPS) is 9.95. The molecule has 0 bridgehead atoms. The summed E-state index contributed by atoms with van der Waals surface area (Å²) in [7, 11) is 0. The number of hydrogen-bond acceptors (Lipinski definition) is 3. The van der Waals surface area contributed by atoms with Gasteiger partial charge in [-0.3, -0.25) is 10.1 Å². The smallest absolute Gasteiger partial charge is 0.280 e. The van der Waals surface area contributed by atoms with Gasteiger partial charge in [-0.15, -0.1) is 0 Å². The van der Waals surface area contributed by atoms with E-state index in [9.17, 15) is 10.1 Å². The van der Waals surface area contributed by atoms with E-state index in [1.165, 1.54) is 6.07 Å². The van der Waals surface area contributed by atoms with Crippen LogP contribution >= 0.6 is 0 Å². The lowest BCUT2D eigenvalue weighted by Gasteiger charge is -2.11. The number of allylic oxidation sites excluding steroid dienone is 1. The minimum atomic E-state index is -0.429. The standard InChI is InChI=1S/C15H13NO3/c1-11(2)15-13(16(17)18)9-6-10-14(15)19-12-7-4-3-5-8-12/h3-10H,1H2,2H3. The maximum Gasteiger partial charge on any atom is 0.280 e. The Balaban J connectivity index is 2.48. The molecule has 0 amide bonds. The van der Waals surface area contributed by atoms with Gasteiger partial charge in [0.25, 0.3) is 5.69 Å². The zero-order valence-corrected chi connectivity index (χ0v) is 10.5. The minimum absolute atomic E-state index is 0.000862. The van der Waals surface area contributed by atoms with Gasteiger partial charge in [-0.2, -0.15) is 0 Å². The van der Waals surface area contributed by atoms with Crippen LogP contribution in [0.15, 0.2) is 55.1 Å². The molecule has 0 aliphatic carbocycles. The third-order valence-corrected chi connectivity index (χ3v) is 2.60. The molecule has 0 saturated heterocycles. The molecule has 2 aromatic rings. The molecule has 0 aliphatic heterocycles. The first-order valence-corrected chi connectivity index (χ1v) is 5.76.